The van der Waals surface area contributed by atoms with Crippen molar-refractivity contribution in [2.45, 2.75) is 34.6 Å². The maximum Gasteiger partial charge on any atom is 0.346 e. The van der Waals surface area contributed by atoms with Gasteiger partial charge in [-0.2, -0.15) is 9.13 Å². The average Bonchev–Trinajstić information content (AvgIpc) is 3.26. The largest absolute Gasteiger partial charge is 1.00 e. The molecule has 4 heterocycles. The minimum absolute atomic E-state index is 0. The Morgan fingerprint density at radius 1 is 0.525 bits per heavy atom. The van der Waals surface area contributed by atoms with Gasteiger partial charge in [-0.3, -0.25) is 4.79 Å². The van der Waals surface area contributed by atoms with Gasteiger partial charge >= 0.3 is 11.3 Å². The number of rotatable bonds is 9. The molecule has 0 saturated heterocycles. The number of nitrogens with zero attached hydrogens (tertiary/aromatic N) is 4. The Bertz CT molecular complexity index is 2920. The molecule has 0 aliphatic rings. The number of benzene rings is 4. The fourth-order valence-electron chi connectivity index (χ4n) is 7.15. The lowest BCUT2D eigenvalue weighted by Gasteiger charge is -2.20. The molecule has 8 aromatic rings. The van der Waals surface area contributed by atoms with E-state index in [0.717, 1.165) is 59.5 Å². The molecule has 0 fully saturated rings. The van der Waals surface area contributed by atoms with Crippen LogP contribution < -0.4 is 78.1 Å². The van der Waals surface area contributed by atoms with Gasteiger partial charge in [0.15, 0.2) is 12.0 Å². The van der Waals surface area contributed by atoms with Crippen LogP contribution in [0.2, 0.25) is 0 Å². The Kier molecular flexibility index (Phi) is 17.8. The first kappa shape index (κ1) is 48.3. The lowest BCUT2D eigenvalue weighted by molar-refractivity contribution is -0.651. The van der Waals surface area contributed by atoms with Crippen molar-refractivity contribution in [2.75, 3.05) is 36.0 Å². The molecule has 0 saturated carbocycles. The molecule has 11 heteroatoms. The van der Waals surface area contributed by atoms with Crippen molar-refractivity contribution in [3.8, 4) is 0 Å². The summed E-state index contributed by atoms with van der Waals surface area (Å²) in [4.78, 5) is 39.1. The summed E-state index contributed by atoms with van der Waals surface area (Å²) < 4.78 is 15.1. The number of hydrogen-bond acceptors (Lipinski definition) is 7. The van der Waals surface area contributed by atoms with E-state index in [1.54, 1.807) is 6.07 Å². The zero-order valence-corrected chi connectivity index (χ0v) is 40.0. The van der Waals surface area contributed by atoms with Crippen LogP contribution in [0, 0.1) is 6.92 Å². The number of para-hydroxylation sites is 2. The van der Waals surface area contributed by atoms with Crippen LogP contribution in [0.4, 0.5) is 11.4 Å². The molecule has 0 aliphatic heterocycles. The highest BCUT2D eigenvalue weighted by atomic mass is 127. The normalized spacial score (nSPS) is 10.7. The second-order valence-electron chi connectivity index (χ2n) is 14.2. The smallest absolute Gasteiger partial charge is 0.346 e. The van der Waals surface area contributed by atoms with Gasteiger partial charge in [0.05, 0.1) is 5.56 Å². The number of hydrogen-bond donors (Lipinski definition) is 0. The highest BCUT2D eigenvalue weighted by molar-refractivity contribution is 5.86. The molecular formula is C50H52I2N4O5. The predicted molar refractivity (Wildman–Crippen MR) is 241 cm³/mol. The third-order valence-electron chi connectivity index (χ3n) is 10.8. The number of aldehydes is 1. The molecule has 61 heavy (non-hydrogen) atoms. The summed E-state index contributed by atoms with van der Waals surface area (Å²) in [5.74, 6) is 0. The van der Waals surface area contributed by atoms with Gasteiger partial charge in [0.2, 0.25) is 16.7 Å². The standard InChI is InChI=1S/C25H25N2O2.C14H15NO3.C11H12N.2HI/c1-4-27(5-2)22-15-11-19-16-20(25(28)29-24(19)17-22)12-14-21-13-10-18-8-6-7-9-23(18)26(21)3;1-3-15(4-2)12-6-5-10-7-11(9-16)14(17)18-13(10)8-12;1-9-7-8-10-5-3-4-6-11(10)12(9)2;;/h6-17H,4-5H2,1-3H3;5-9H,3-4H2,1-2H3;3-8H,1-2H3;2*1H/q+1;;+1;;/p-2. The van der Waals surface area contributed by atoms with Crippen LogP contribution in [0.5, 0.6) is 0 Å². The van der Waals surface area contributed by atoms with Crippen LogP contribution in [0.1, 0.15) is 55.0 Å². The second-order valence-corrected chi connectivity index (χ2v) is 14.2. The molecular weight excluding hydrogens is 990 g/mol. The fraction of sp³-hybridized carbons (Fsp3) is 0.220. The number of carbonyl (C=O) groups is 1. The summed E-state index contributed by atoms with van der Waals surface area (Å²) in [6.45, 7) is 14.1. The average molecular weight is 1040 g/mol. The minimum Gasteiger partial charge on any atom is -1.00 e. The molecule has 0 bridgehead atoms. The van der Waals surface area contributed by atoms with Gasteiger partial charge in [-0.05, 0) is 94.4 Å². The van der Waals surface area contributed by atoms with Crippen LogP contribution in [-0.4, -0.2) is 32.5 Å². The lowest BCUT2D eigenvalue weighted by Crippen LogP contribution is -3.00. The van der Waals surface area contributed by atoms with Crippen molar-refractivity contribution in [3.63, 3.8) is 0 Å². The number of halogens is 2. The highest BCUT2D eigenvalue weighted by Crippen LogP contribution is 2.23. The van der Waals surface area contributed by atoms with E-state index < -0.39 is 5.63 Å². The van der Waals surface area contributed by atoms with Crippen molar-refractivity contribution < 1.29 is 70.7 Å². The van der Waals surface area contributed by atoms with Crippen molar-refractivity contribution in [1.29, 1.82) is 0 Å². The zero-order valence-electron chi connectivity index (χ0n) is 35.7. The van der Waals surface area contributed by atoms with Crippen molar-refractivity contribution in [3.05, 3.63) is 165 Å². The summed E-state index contributed by atoms with van der Waals surface area (Å²) >= 11 is 0. The van der Waals surface area contributed by atoms with E-state index in [2.05, 4.69) is 127 Å². The monoisotopic (exact) mass is 1040 g/mol. The Balaban J connectivity index is 0.000000219. The molecule has 0 aliphatic carbocycles. The molecule has 0 spiro atoms. The second kappa shape index (κ2) is 22.4. The molecule has 316 valence electrons. The van der Waals surface area contributed by atoms with Gasteiger partial charge in [-0.25, -0.2) is 9.59 Å². The zero-order chi connectivity index (χ0) is 42.1. The Morgan fingerprint density at radius 3 is 1.48 bits per heavy atom. The molecule has 8 rings (SSSR count). The molecule has 9 nitrogen and oxygen atoms in total. The first-order valence-electron chi connectivity index (χ1n) is 20.1. The van der Waals surface area contributed by atoms with E-state index in [-0.39, 0.29) is 59.1 Å². The predicted octanol–water partition coefficient (Wildman–Crippen LogP) is 3.22. The summed E-state index contributed by atoms with van der Waals surface area (Å²) in [6, 6.07) is 40.2. The number of aryl methyl sites for hydroxylation is 3. The molecule has 0 unspecified atom stereocenters. The van der Waals surface area contributed by atoms with Crippen LogP contribution in [0.15, 0.2) is 140 Å². The summed E-state index contributed by atoms with van der Waals surface area (Å²) in [6.07, 6.45) is 4.30. The summed E-state index contributed by atoms with van der Waals surface area (Å²) in [5, 5.41) is 4.16. The maximum atomic E-state index is 12.5. The van der Waals surface area contributed by atoms with E-state index >= 15 is 0 Å². The Hall–Kier alpha value is -5.41. The first-order chi connectivity index (χ1) is 28.6. The number of fused-ring (bicyclic) bond motifs is 4. The number of carbonyl (C=O) groups excluding carboxylic acids is 1. The third kappa shape index (κ3) is 11.3. The van der Waals surface area contributed by atoms with E-state index in [9.17, 15) is 14.4 Å². The van der Waals surface area contributed by atoms with Gasteiger partial charge in [0.25, 0.3) is 0 Å². The van der Waals surface area contributed by atoms with Crippen LogP contribution in [0.3, 0.4) is 0 Å². The maximum absolute atomic E-state index is 12.5. The van der Waals surface area contributed by atoms with E-state index in [1.165, 1.54) is 22.0 Å². The van der Waals surface area contributed by atoms with Crippen LogP contribution in [-0.2, 0) is 14.1 Å². The quantitative estimate of drug-likeness (QED) is 0.0951. The number of aromatic nitrogens is 2. The summed E-state index contributed by atoms with van der Waals surface area (Å²) in [5.41, 5.74) is 7.62. The SMILES string of the molecule is CCN(CC)c1ccc2cc(/C=C/c3ccc4ccccc4[n+]3C)c(=O)oc2c1.CCN(CC)c1ccc2cc(C=O)c(=O)oc2c1.Cc1ccc2ccccc2[n+]1C.[I-].[I-]. The van der Waals surface area contributed by atoms with E-state index in [0.29, 0.717) is 23.0 Å². The molecule has 0 atom stereocenters. The van der Waals surface area contributed by atoms with Gasteiger partial charge < -0.3 is 66.6 Å². The Morgan fingerprint density at radius 2 is 0.967 bits per heavy atom. The van der Waals surface area contributed by atoms with Crippen LogP contribution >= 0.6 is 0 Å². The molecule has 4 aromatic carbocycles. The molecule has 0 radical (unpaired) electrons. The van der Waals surface area contributed by atoms with Gasteiger partial charge in [-0.15, -0.1) is 0 Å². The van der Waals surface area contributed by atoms with E-state index in [4.69, 9.17) is 8.83 Å². The topological polar surface area (TPSA) is 91.7 Å². The highest BCUT2D eigenvalue weighted by Gasteiger charge is 2.12. The number of anilines is 2. The van der Waals surface area contributed by atoms with Crippen LogP contribution in [0.25, 0.3) is 55.9 Å². The van der Waals surface area contributed by atoms with Crippen molar-refractivity contribution in [1.82, 2.24) is 0 Å². The van der Waals surface area contributed by atoms with Gasteiger partial charge in [-0.1, -0.05) is 24.3 Å². The Labute approximate surface area is 391 Å². The van der Waals surface area contributed by atoms with Crippen molar-refractivity contribution in [2.24, 2.45) is 14.1 Å². The molecule has 0 N–H and O–H groups in total. The summed E-state index contributed by atoms with van der Waals surface area (Å²) in [7, 11) is 4.12. The minimum atomic E-state index is -0.589. The van der Waals surface area contributed by atoms with E-state index in [1.807, 2.05) is 67.7 Å². The van der Waals surface area contributed by atoms with Gasteiger partial charge in [0, 0.05) is 108 Å². The molecule has 4 aromatic heterocycles. The fourth-order valence-corrected chi connectivity index (χ4v) is 7.15. The van der Waals surface area contributed by atoms with Gasteiger partial charge in [0.1, 0.15) is 30.8 Å². The molecule has 0 amide bonds. The third-order valence-corrected chi connectivity index (χ3v) is 10.8. The first-order valence-corrected chi connectivity index (χ1v) is 20.1. The van der Waals surface area contributed by atoms with Crippen molar-refractivity contribution >= 4 is 73.6 Å². The lowest BCUT2D eigenvalue weighted by atomic mass is 10.1. The number of pyridine rings is 2.